The van der Waals surface area contributed by atoms with Crippen molar-refractivity contribution in [3.8, 4) is 0 Å². The number of hydrogen-bond acceptors (Lipinski definition) is 6. The molecule has 2 aromatic heterocycles. The lowest BCUT2D eigenvalue weighted by molar-refractivity contribution is -0.120. The number of amides is 1. The van der Waals surface area contributed by atoms with Crippen molar-refractivity contribution in [2.24, 2.45) is 5.92 Å². The second-order valence-corrected chi connectivity index (χ2v) is 7.23. The van der Waals surface area contributed by atoms with Gasteiger partial charge in [0.05, 0.1) is 12.0 Å². The molecule has 1 fully saturated rings. The number of benzene rings is 1. The SMILES string of the molecule is O=C(Nc1ccc(F)cc1F)C1CCN(c2nc3nc[nH]c(=O)c3s2)CC1. The largest absolute Gasteiger partial charge is 0.348 e. The number of piperidine rings is 1. The van der Waals surface area contributed by atoms with E-state index in [9.17, 15) is 18.4 Å². The first-order chi connectivity index (χ1) is 13.0. The van der Waals surface area contributed by atoms with Crippen LogP contribution in [-0.4, -0.2) is 33.9 Å². The monoisotopic (exact) mass is 391 g/mol. The van der Waals surface area contributed by atoms with Crippen molar-refractivity contribution in [3.63, 3.8) is 0 Å². The Morgan fingerprint density at radius 3 is 2.78 bits per heavy atom. The summed E-state index contributed by atoms with van der Waals surface area (Å²) < 4.78 is 27.1. The van der Waals surface area contributed by atoms with Crippen molar-refractivity contribution in [3.05, 3.63) is 46.5 Å². The highest BCUT2D eigenvalue weighted by Gasteiger charge is 2.27. The summed E-state index contributed by atoms with van der Waals surface area (Å²) in [6, 6.07) is 3.05. The van der Waals surface area contributed by atoms with Crippen molar-refractivity contribution in [2.75, 3.05) is 23.3 Å². The average molecular weight is 391 g/mol. The molecule has 0 atom stereocenters. The van der Waals surface area contributed by atoms with Crippen molar-refractivity contribution >= 4 is 38.4 Å². The van der Waals surface area contributed by atoms with E-state index in [4.69, 9.17) is 0 Å². The van der Waals surface area contributed by atoms with E-state index in [-0.39, 0.29) is 23.1 Å². The summed E-state index contributed by atoms with van der Waals surface area (Å²) in [6.45, 7) is 1.17. The molecule has 1 saturated heterocycles. The van der Waals surface area contributed by atoms with E-state index in [1.54, 1.807) is 0 Å². The van der Waals surface area contributed by atoms with Gasteiger partial charge in [0.15, 0.2) is 10.8 Å². The molecule has 2 N–H and O–H groups in total. The van der Waals surface area contributed by atoms with Crippen LogP contribution in [0.5, 0.6) is 0 Å². The minimum absolute atomic E-state index is 0.0275. The van der Waals surface area contributed by atoms with Gasteiger partial charge in [-0.05, 0) is 25.0 Å². The lowest BCUT2D eigenvalue weighted by atomic mass is 9.96. The van der Waals surface area contributed by atoms with Crippen LogP contribution in [0.15, 0.2) is 29.3 Å². The molecule has 1 aliphatic heterocycles. The van der Waals surface area contributed by atoms with Gasteiger partial charge >= 0.3 is 0 Å². The molecule has 10 heteroatoms. The number of thiazole rings is 1. The maximum absolute atomic E-state index is 13.7. The van der Waals surface area contributed by atoms with Gasteiger partial charge in [0.1, 0.15) is 16.3 Å². The lowest BCUT2D eigenvalue weighted by Gasteiger charge is -2.30. The Morgan fingerprint density at radius 1 is 1.30 bits per heavy atom. The van der Waals surface area contributed by atoms with Crippen LogP contribution in [0, 0.1) is 17.6 Å². The number of anilines is 2. The molecule has 0 saturated carbocycles. The van der Waals surface area contributed by atoms with Gasteiger partial charge in [-0.3, -0.25) is 9.59 Å². The van der Waals surface area contributed by atoms with Gasteiger partial charge < -0.3 is 15.2 Å². The summed E-state index contributed by atoms with van der Waals surface area (Å²) in [5.41, 5.74) is 0.157. The van der Waals surface area contributed by atoms with Crippen LogP contribution in [0.4, 0.5) is 19.6 Å². The fourth-order valence-electron chi connectivity index (χ4n) is 3.05. The molecule has 0 bridgehead atoms. The van der Waals surface area contributed by atoms with E-state index >= 15 is 0 Å². The van der Waals surface area contributed by atoms with E-state index in [0.29, 0.717) is 41.4 Å². The molecule has 7 nitrogen and oxygen atoms in total. The maximum atomic E-state index is 13.7. The van der Waals surface area contributed by atoms with Gasteiger partial charge in [0.2, 0.25) is 5.91 Å². The molecule has 3 heterocycles. The Bertz CT molecular complexity index is 1060. The van der Waals surface area contributed by atoms with Crippen molar-refractivity contribution in [2.45, 2.75) is 12.8 Å². The normalized spacial score (nSPS) is 15.3. The Kier molecular flexibility index (Phi) is 4.56. The molecule has 1 aliphatic rings. The van der Waals surface area contributed by atoms with Crippen molar-refractivity contribution in [1.29, 1.82) is 0 Å². The first-order valence-corrected chi connectivity index (χ1v) is 9.18. The molecule has 0 unspecified atom stereocenters. The molecule has 4 rings (SSSR count). The first-order valence-electron chi connectivity index (χ1n) is 8.36. The first kappa shape index (κ1) is 17.5. The zero-order valence-electron chi connectivity index (χ0n) is 14.0. The Hall–Kier alpha value is -2.88. The Balaban J connectivity index is 1.41. The second-order valence-electron chi connectivity index (χ2n) is 6.26. The molecule has 27 heavy (non-hydrogen) atoms. The van der Waals surface area contributed by atoms with Crippen LogP contribution in [-0.2, 0) is 4.79 Å². The number of H-pyrrole nitrogens is 1. The van der Waals surface area contributed by atoms with Gasteiger partial charge in [-0.15, -0.1) is 0 Å². The van der Waals surface area contributed by atoms with E-state index in [2.05, 4.69) is 20.3 Å². The van der Waals surface area contributed by atoms with Crippen LogP contribution in [0.25, 0.3) is 10.3 Å². The third-order valence-electron chi connectivity index (χ3n) is 4.51. The molecule has 3 aromatic rings. The number of carbonyl (C=O) groups excluding carboxylic acids is 1. The third-order valence-corrected chi connectivity index (χ3v) is 5.62. The number of halogens is 2. The predicted octanol–water partition coefficient (Wildman–Crippen LogP) is 2.51. The molecule has 0 aliphatic carbocycles. The number of nitrogens with zero attached hydrogens (tertiary/aromatic N) is 3. The molecule has 140 valence electrons. The summed E-state index contributed by atoms with van der Waals surface area (Å²) in [6.07, 6.45) is 2.45. The minimum atomic E-state index is -0.798. The van der Waals surface area contributed by atoms with E-state index in [1.807, 2.05) is 4.90 Å². The van der Waals surface area contributed by atoms with Crippen LogP contribution < -0.4 is 15.8 Å². The molecule has 1 amide bonds. The number of carbonyl (C=O) groups is 1. The second kappa shape index (κ2) is 7.03. The summed E-state index contributed by atoms with van der Waals surface area (Å²) >= 11 is 1.27. The van der Waals surface area contributed by atoms with E-state index < -0.39 is 11.6 Å². The fraction of sp³-hybridized carbons (Fsp3) is 0.294. The van der Waals surface area contributed by atoms with Crippen LogP contribution in [0.3, 0.4) is 0 Å². The highest BCUT2D eigenvalue weighted by atomic mass is 32.1. The third kappa shape index (κ3) is 3.52. The van der Waals surface area contributed by atoms with E-state index in [1.165, 1.54) is 23.7 Å². The highest BCUT2D eigenvalue weighted by Crippen LogP contribution is 2.29. The highest BCUT2D eigenvalue weighted by molar-refractivity contribution is 7.22. The van der Waals surface area contributed by atoms with Gasteiger partial charge in [-0.25, -0.2) is 13.8 Å². The topological polar surface area (TPSA) is 91.0 Å². The predicted molar refractivity (Wildman–Crippen MR) is 98.0 cm³/mol. The molecule has 0 spiro atoms. The number of aromatic nitrogens is 3. The average Bonchev–Trinajstić information content (AvgIpc) is 3.10. The number of nitrogens with one attached hydrogen (secondary N) is 2. The van der Waals surface area contributed by atoms with Crippen LogP contribution >= 0.6 is 11.3 Å². The summed E-state index contributed by atoms with van der Waals surface area (Å²) in [7, 11) is 0. The number of rotatable bonds is 3. The molecule has 1 aromatic carbocycles. The van der Waals surface area contributed by atoms with Crippen molar-refractivity contribution in [1.82, 2.24) is 15.0 Å². The standard InChI is InChI=1S/C17H15F2N5O2S/c18-10-1-2-12(11(19)7-10)22-15(25)9-3-5-24(6-4-9)17-23-14-13(27-17)16(26)21-8-20-14/h1-2,7-9H,3-6H2,(H,22,25)(H,20,21,26). The summed E-state index contributed by atoms with van der Waals surface area (Å²) in [4.78, 5) is 37.1. The van der Waals surface area contributed by atoms with Crippen molar-refractivity contribution < 1.29 is 13.6 Å². The summed E-state index contributed by atoms with van der Waals surface area (Å²) in [5, 5.41) is 3.22. The lowest BCUT2D eigenvalue weighted by Crippen LogP contribution is -2.38. The van der Waals surface area contributed by atoms with E-state index in [0.717, 1.165) is 12.1 Å². The smallest absolute Gasteiger partial charge is 0.270 e. The molecule has 0 radical (unpaired) electrons. The molecular weight excluding hydrogens is 376 g/mol. The van der Waals surface area contributed by atoms with Crippen LogP contribution in [0.1, 0.15) is 12.8 Å². The number of aromatic amines is 1. The Morgan fingerprint density at radius 2 is 2.07 bits per heavy atom. The maximum Gasteiger partial charge on any atom is 0.270 e. The van der Waals surface area contributed by atoms with Gasteiger partial charge in [-0.1, -0.05) is 11.3 Å². The quantitative estimate of drug-likeness (QED) is 0.716. The van der Waals surface area contributed by atoms with Gasteiger partial charge in [0, 0.05) is 25.1 Å². The number of fused-ring (bicyclic) bond motifs is 1. The zero-order valence-corrected chi connectivity index (χ0v) is 14.9. The fourth-order valence-corrected chi connectivity index (χ4v) is 4.02. The van der Waals surface area contributed by atoms with Gasteiger partial charge in [-0.2, -0.15) is 4.98 Å². The molecular formula is C17H15F2N5O2S. The Labute approximate surface area is 156 Å². The minimum Gasteiger partial charge on any atom is -0.348 e. The summed E-state index contributed by atoms with van der Waals surface area (Å²) in [5.74, 6) is -2.06. The van der Waals surface area contributed by atoms with Crippen LogP contribution in [0.2, 0.25) is 0 Å². The zero-order chi connectivity index (χ0) is 19.0. The number of hydrogen-bond donors (Lipinski definition) is 2. The van der Waals surface area contributed by atoms with Gasteiger partial charge in [0.25, 0.3) is 5.56 Å².